The molecular weight excluding hydrogens is 573 g/mol. The Hall–Kier alpha value is -3.70. The zero-order valence-corrected chi connectivity index (χ0v) is 25.9. The molecule has 0 aliphatic carbocycles. The molecule has 1 aromatic heterocycles. The van der Waals surface area contributed by atoms with E-state index in [1.165, 1.54) is 18.4 Å². The number of rotatable bonds is 7. The van der Waals surface area contributed by atoms with Gasteiger partial charge in [0.25, 0.3) is 0 Å². The van der Waals surface area contributed by atoms with Crippen LogP contribution in [0.25, 0.3) is 10.8 Å². The SMILES string of the molecule is CNC(=O)OCC1CCC2(COc3nc4c(c(N5C[C@H]6CC[C@@H](C5)N6)n3)CCN(c3cccc5cccc(F)c35)C4)CCCN12. The van der Waals surface area contributed by atoms with Gasteiger partial charge in [-0.3, -0.25) is 4.90 Å². The minimum Gasteiger partial charge on any atom is -0.461 e. The smallest absolute Gasteiger partial charge is 0.406 e. The lowest BCUT2D eigenvalue weighted by atomic mass is 9.95. The molecule has 0 radical (unpaired) electrons. The van der Waals surface area contributed by atoms with Crippen LogP contribution in [0.3, 0.4) is 0 Å². The van der Waals surface area contributed by atoms with Crippen LogP contribution < -0.4 is 25.2 Å². The third-order valence-electron chi connectivity index (χ3n) is 10.8. The number of hydrogen-bond acceptors (Lipinski definition) is 9. The molecule has 4 saturated heterocycles. The minimum absolute atomic E-state index is 0.100. The number of piperazine rings is 1. The first-order valence-electron chi connectivity index (χ1n) is 16.6. The van der Waals surface area contributed by atoms with Gasteiger partial charge in [0.2, 0.25) is 0 Å². The van der Waals surface area contributed by atoms with Crippen molar-refractivity contribution in [2.45, 2.75) is 75.2 Å². The molecule has 1 amide bonds. The second-order valence-corrected chi connectivity index (χ2v) is 13.4. The summed E-state index contributed by atoms with van der Waals surface area (Å²) in [7, 11) is 1.59. The highest BCUT2D eigenvalue weighted by Gasteiger charge is 2.50. The van der Waals surface area contributed by atoms with Crippen LogP contribution in [0.5, 0.6) is 6.01 Å². The Balaban J connectivity index is 1.08. The fourth-order valence-electron chi connectivity index (χ4n) is 8.66. The Morgan fingerprint density at radius 2 is 1.89 bits per heavy atom. The molecule has 2 unspecified atom stereocenters. The van der Waals surface area contributed by atoms with Crippen LogP contribution in [0.15, 0.2) is 36.4 Å². The van der Waals surface area contributed by atoms with Crippen LogP contribution in [0, 0.1) is 5.82 Å². The Morgan fingerprint density at radius 3 is 2.71 bits per heavy atom. The van der Waals surface area contributed by atoms with Gasteiger partial charge >= 0.3 is 12.1 Å². The van der Waals surface area contributed by atoms with Gasteiger partial charge in [0, 0.05) is 61.4 Å². The molecular formula is C34H42FN7O3. The van der Waals surface area contributed by atoms with E-state index in [0.29, 0.717) is 43.2 Å². The monoisotopic (exact) mass is 615 g/mol. The fourth-order valence-corrected chi connectivity index (χ4v) is 8.66. The van der Waals surface area contributed by atoms with Crippen molar-refractivity contribution in [2.24, 2.45) is 0 Å². The van der Waals surface area contributed by atoms with Crippen molar-refractivity contribution >= 4 is 28.4 Å². The third-order valence-corrected chi connectivity index (χ3v) is 10.8. The maximum absolute atomic E-state index is 15.1. The molecule has 238 valence electrons. The topological polar surface area (TPSA) is 95.1 Å². The number of carbonyl (C=O) groups excluding carboxylic acids is 1. The van der Waals surface area contributed by atoms with Crippen molar-refractivity contribution in [1.29, 1.82) is 0 Å². The number of hydrogen-bond donors (Lipinski definition) is 2. The number of carbonyl (C=O) groups is 1. The summed E-state index contributed by atoms with van der Waals surface area (Å²) in [4.78, 5) is 29.1. The average molecular weight is 616 g/mol. The second-order valence-electron chi connectivity index (χ2n) is 13.4. The number of benzene rings is 2. The van der Waals surface area contributed by atoms with Gasteiger partial charge in [0.05, 0.1) is 17.8 Å². The molecule has 5 aliphatic rings. The standard InChI is InChI=1S/C34H42FN7O3/c1-36-33(43)44-20-25-11-14-34(13-4-15-42(25)34)21-45-32-38-28-19-40(29-8-3-6-22-5-2-7-27(35)30(22)29)16-12-26(28)31(39-32)41-17-23-9-10-24(18-41)37-23/h2-3,5-8,23-25,37H,4,9-21H2,1H3,(H,36,43)/t23-,24+,25?,34?. The minimum atomic E-state index is -0.389. The summed E-state index contributed by atoms with van der Waals surface area (Å²) in [6, 6.07) is 12.8. The second kappa shape index (κ2) is 11.6. The zero-order valence-electron chi connectivity index (χ0n) is 25.9. The molecule has 4 atom stereocenters. The lowest BCUT2D eigenvalue weighted by Gasteiger charge is -2.38. The lowest BCUT2D eigenvalue weighted by Crippen LogP contribution is -2.52. The van der Waals surface area contributed by atoms with E-state index in [1.807, 2.05) is 24.3 Å². The molecule has 2 bridgehead atoms. The molecule has 10 nitrogen and oxygen atoms in total. The number of nitrogens with one attached hydrogen (secondary N) is 2. The quantitative estimate of drug-likeness (QED) is 0.409. The van der Waals surface area contributed by atoms with Gasteiger partial charge < -0.3 is 29.9 Å². The van der Waals surface area contributed by atoms with E-state index in [2.05, 4.69) is 25.3 Å². The number of ether oxygens (including phenoxy) is 2. The number of nitrogens with zero attached hydrogens (tertiary/aromatic N) is 5. The molecule has 2 N–H and O–H groups in total. The van der Waals surface area contributed by atoms with Gasteiger partial charge in [-0.2, -0.15) is 9.97 Å². The summed E-state index contributed by atoms with van der Waals surface area (Å²) < 4.78 is 27.1. The highest BCUT2D eigenvalue weighted by Crippen LogP contribution is 2.43. The summed E-state index contributed by atoms with van der Waals surface area (Å²) in [5.74, 6) is 0.801. The third kappa shape index (κ3) is 5.23. The molecule has 0 spiro atoms. The van der Waals surface area contributed by atoms with E-state index < -0.39 is 0 Å². The van der Waals surface area contributed by atoms with E-state index in [0.717, 1.165) is 80.9 Å². The Labute approximate surface area is 263 Å². The summed E-state index contributed by atoms with van der Waals surface area (Å²) in [5.41, 5.74) is 2.95. The van der Waals surface area contributed by atoms with Crippen molar-refractivity contribution < 1.29 is 18.7 Å². The first-order chi connectivity index (χ1) is 22.0. The van der Waals surface area contributed by atoms with Crippen molar-refractivity contribution in [3.05, 3.63) is 53.5 Å². The summed E-state index contributed by atoms with van der Waals surface area (Å²) in [6.45, 7) is 5.08. The van der Waals surface area contributed by atoms with E-state index >= 15 is 4.39 Å². The van der Waals surface area contributed by atoms with E-state index in [4.69, 9.17) is 19.4 Å². The van der Waals surface area contributed by atoms with Crippen molar-refractivity contribution in [2.75, 3.05) is 56.2 Å². The Kier molecular flexibility index (Phi) is 7.40. The van der Waals surface area contributed by atoms with Crippen molar-refractivity contribution in [1.82, 2.24) is 25.5 Å². The highest BCUT2D eigenvalue weighted by molar-refractivity contribution is 5.95. The molecule has 11 heteroatoms. The maximum atomic E-state index is 15.1. The molecule has 3 aromatic rings. The van der Waals surface area contributed by atoms with Crippen LogP contribution in [0.1, 0.15) is 49.8 Å². The molecule has 4 fully saturated rings. The molecule has 45 heavy (non-hydrogen) atoms. The maximum Gasteiger partial charge on any atom is 0.406 e. The van der Waals surface area contributed by atoms with Gasteiger partial charge in [-0.1, -0.05) is 24.3 Å². The van der Waals surface area contributed by atoms with Gasteiger partial charge in [-0.15, -0.1) is 0 Å². The predicted octanol–water partition coefficient (Wildman–Crippen LogP) is 4.00. The predicted molar refractivity (Wildman–Crippen MR) is 170 cm³/mol. The van der Waals surface area contributed by atoms with Crippen LogP contribution in [0.2, 0.25) is 0 Å². The van der Waals surface area contributed by atoms with E-state index in [9.17, 15) is 4.79 Å². The Morgan fingerprint density at radius 1 is 1.07 bits per heavy atom. The first kappa shape index (κ1) is 28.8. The lowest BCUT2D eigenvalue weighted by molar-refractivity contribution is 0.0554. The summed E-state index contributed by atoms with van der Waals surface area (Å²) >= 11 is 0. The van der Waals surface area contributed by atoms with Gasteiger partial charge in [-0.25, -0.2) is 9.18 Å². The number of anilines is 2. The number of amides is 1. The molecule has 0 saturated carbocycles. The van der Waals surface area contributed by atoms with Crippen LogP contribution in [-0.2, 0) is 17.7 Å². The normalized spacial score (nSPS) is 27.5. The van der Waals surface area contributed by atoms with Gasteiger partial charge in [0.1, 0.15) is 24.8 Å². The first-order valence-corrected chi connectivity index (χ1v) is 16.6. The number of fused-ring (bicyclic) bond motifs is 5. The van der Waals surface area contributed by atoms with Crippen LogP contribution >= 0.6 is 0 Å². The van der Waals surface area contributed by atoms with Crippen LogP contribution in [0.4, 0.5) is 20.7 Å². The molecule has 8 rings (SSSR count). The van der Waals surface area contributed by atoms with Crippen molar-refractivity contribution in [3.8, 4) is 6.01 Å². The Bertz CT molecular complexity index is 1590. The largest absolute Gasteiger partial charge is 0.461 e. The highest BCUT2D eigenvalue weighted by atomic mass is 19.1. The molecule has 2 aromatic carbocycles. The van der Waals surface area contributed by atoms with E-state index in [1.54, 1.807) is 19.2 Å². The molecule has 6 heterocycles. The summed E-state index contributed by atoms with van der Waals surface area (Å²) in [5, 5.41) is 7.85. The molecule has 5 aliphatic heterocycles. The van der Waals surface area contributed by atoms with Crippen LogP contribution in [-0.4, -0.2) is 91.1 Å². The van der Waals surface area contributed by atoms with Gasteiger partial charge in [-0.05, 0) is 69.0 Å². The summed E-state index contributed by atoms with van der Waals surface area (Å²) in [6.07, 6.45) is 6.89. The number of alkyl carbamates (subject to hydrolysis) is 1. The van der Waals surface area contributed by atoms with E-state index in [-0.39, 0.29) is 23.5 Å². The zero-order chi connectivity index (χ0) is 30.5. The average Bonchev–Trinajstić information content (AvgIpc) is 3.74. The van der Waals surface area contributed by atoms with Crippen molar-refractivity contribution in [3.63, 3.8) is 0 Å². The number of halogens is 1. The number of aromatic nitrogens is 2. The fraction of sp³-hybridized carbons (Fsp3) is 0.559. The van der Waals surface area contributed by atoms with Gasteiger partial charge in [0.15, 0.2) is 0 Å².